The Hall–Kier alpha value is -1.23. The van der Waals surface area contributed by atoms with E-state index in [2.05, 4.69) is 17.1 Å². The Morgan fingerprint density at radius 1 is 1.27 bits per heavy atom. The molecular weight excluding hydrogens is 289 g/mol. The fourth-order valence-corrected chi connectivity index (χ4v) is 3.41. The van der Waals surface area contributed by atoms with Crippen LogP contribution in [0.4, 0.5) is 18.9 Å². The van der Waals surface area contributed by atoms with Crippen molar-refractivity contribution in [1.29, 1.82) is 0 Å². The van der Waals surface area contributed by atoms with Gasteiger partial charge in [-0.25, -0.2) is 0 Å². The van der Waals surface area contributed by atoms with Gasteiger partial charge in [0.2, 0.25) is 0 Å². The van der Waals surface area contributed by atoms with E-state index in [1.807, 2.05) is 18.2 Å². The largest absolute Gasteiger partial charge is 0.389 e. The summed E-state index contributed by atoms with van der Waals surface area (Å²) < 4.78 is 36.9. The molecule has 1 saturated carbocycles. The highest BCUT2D eigenvalue weighted by Crippen LogP contribution is 2.34. The molecule has 2 nitrogen and oxygen atoms in total. The number of nitrogens with one attached hydrogen (secondary N) is 1. The van der Waals surface area contributed by atoms with Crippen LogP contribution in [0.25, 0.3) is 0 Å². The van der Waals surface area contributed by atoms with Crippen molar-refractivity contribution in [2.75, 3.05) is 11.9 Å². The Bertz CT molecular complexity index is 511. The third-order valence-electron chi connectivity index (χ3n) is 4.63. The maximum Gasteiger partial charge on any atom is 0.389 e. The standard InChI is InChI=1S/C17H23F3N2/c1-12-9-15(11-22(12)16-5-6-16)21-14-4-2-3-13(10-14)7-8-17(18,19)20/h2-4,10,12,15-16,21H,5-9,11H2,1H3/t12-,15+/m1/s1. The smallest absolute Gasteiger partial charge is 0.381 e. The van der Waals surface area contributed by atoms with Crippen molar-refractivity contribution < 1.29 is 13.2 Å². The van der Waals surface area contributed by atoms with E-state index in [4.69, 9.17) is 0 Å². The molecule has 0 spiro atoms. The Morgan fingerprint density at radius 2 is 2.05 bits per heavy atom. The Balaban J connectivity index is 1.56. The molecule has 0 aromatic heterocycles. The maximum absolute atomic E-state index is 12.3. The highest BCUT2D eigenvalue weighted by molar-refractivity contribution is 5.47. The molecule has 0 bridgehead atoms. The first-order valence-corrected chi connectivity index (χ1v) is 8.09. The van der Waals surface area contributed by atoms with Gasteiger partial charge in [0.25, 0.3) is 0 Å². The SMILES string of the molecule is C[C@@H]1C[C@H](Nc2cccc(CCC(F)(F)F)c2)CN1C1CC1. The summed E-state index contributed by atoms with van der Waals surface area (Å²) in [5.41, 5.74) is 1.68. The molecule has 1 aromatic carbocycles. The minimum Gasteiger partial charge on any atom is -0.381 e. The lowest BCUT2D eigenvalue weighted by atomic mass is 10.1. The molecule has 1 N–H and O–H groups in total. The van der Waals surface area contributed by atoms with Crippen molar-refractivity contribution in [3.05, 3.63) is 29.8 Å². The van der Waals surface area contributed by atoms with E-state index < -0.39 is 12.6 Å². The third-order valence-corrected chi connectivity index (χ3v) is 4.63. The van der Waals surface area contributed by atoms with E-state index in [1.165, 1.54) is 12.8 Å². The number of aryl methyl sites for hydroxylation is 1. The molecular formula is C17H23F3N2. The lowest BCUT2D eigenvalue weighted by Gasteiger charge is -2.20. The van der Waals surface area contributed by atoms with Gasteiger partial charge < -0.3 is 5.32 Å². The van der Waals surface area contributed by atoms with Crippen LogP contribution >= 0.6 is 0 Å². The molecule has 2 fully saturated rings. The molecule has 3 rings (SSSR count). The zero-order valence-electron chi connectivity index (χ0n) is 12.9. The van der Waals surface area contributed by atoms with Gasteiger partial charge in [0, 0.05) is 36.8 Å². The highest BCUT2D eigenvalue weighted by Gasteiger charge is 2.38. The van der Waals surface area contributed by atoms with E-state index in [9.17, 15) is 13.2 Å². The molecule has 1 aromatic rings. The molecule has 1 aliphatic carbocycles. The van der Waals surface area contributed by atoms with Gasteiger partial charge in [-0.05, 0) is 50.3 Å². The Labute approximate surface area is 129 Å². The normalized spacial score (nSPS) is 26.4. The van der Waals surface area contributed by atoms with Crippen LogP contribution in [-0.4, -0.2) is 35.7 Å². The fraction of sp³-hybridized carbons (Fsp3) is 0.647. The van der Waals surface area contributed by atoms with Crippen LogP contribution in [0, 0.1) is 0 Å². The van der Waals surface area contributed by atoms with E-state index in [0.717, 1.165) is 30.3 Å². The summed E-state index contributed by atoms with van der Waals surface area (Å²) in [5, 5.41) is 3.50. The predicted octanol–water partition coefficient (Wildman–Crippen LogP) is 4.22. The molecule has 2 atom stereocenters. The van der Waals surface area contributed by atoms with Gasteiger partial charge >= 0.3 is 6.18 Å². The van der Waals surface area contributed by atoms with Crippen molar-refractivity contribution in [3.63, 3.8) is 0 Å². The fourth-order valence-electron chi connectivity index (χ4n) is 3.41. The van der Waals surface area contributed by atoms with E-state index in [-0.39, 0.29) is 6.42 Å². The number of anilines is 1. The number of rotatable bonds is 5. The van der Waals surface area contributed by atoms with Crippen LogP contribution in [0.2, 0.25) is 0 Å². The van der Waals surface area contributed by atoms with Crippen LogP contribution in [0.15, 0.2) is 24.3 Å². The van der Waals surface area contributed by atoms with Crippen LogP contribution in [0.1, 0.15) is 38.2 Å². The van der Waals surface area contributed by atoms with Crippen LogP contribution in [-0.2, 0) is 6.42 Å². The van der Waals surface area contributed by atoms with Gasteiger partial charge in [0.15, 0.2) is 0 Å². The average molecular weight is 312 g/mol. The molecule has 122 valence electrons. The topological polar surface area (TPSA) is 15.3 Å². The molecule has 1 heterocycles. The van der Waals surface area contributed by atoms with Crippen molar-refractivity contribution >= 4 is 5.69 Å². The number of halogens is 3. The Kier molecular flexibility index (Phi) is 4.35. The molecule has 1 aliphatic heterocycles. The second-order valence-corrected chi connectivity index (χ2v) is 6.67. The van der Waals surface area contributed by atoms with E-state index in [0.29, 0.717) is 12.1 Å². The Morgan fingerprint density at radius 3 is 2.73 bits per heavy atom. The summed E-state index contributed by atoms with van der Waals surface area (Å²) in [5.74, 6) is 0. The first kappa shape index (κ1) is 15.7. The molecule has 1 saturated heterocycles. The number of hydrogen-bond acceptors (Lipinski definition) is 2. The molecule has 0 amide bonds. The highest BCUT2D eigenvalue weighted by atomic mass is 19.4. The first-order chi connectivity index (χ1) is 10.4. The number of nitrogens with zero attached hydrogens (tertiary/aromatic N) is 1. The van der Waals surface area contributed by atoms with Gasteiger partial charge in [-0.2, -0.15) is 13.2 Å². The number of alkyl halides is 3. The van der Waals surface area contributed by atoms with Gasteiger partial charge in [-0.3, -0.25) is 4.90 Å². The molecule has 22 heavy (non-hydrogen) atoms. The van der Waals surface area contributed by atoms with Gasteiger partial charge in [0.1, 0.15) is 0 Å². The molecule has 5 heteroatoms. The van der Waals surface area contributed by atoms with Crippen molar-refractivity contribution in [3.8, 4) is 0 Å². The van der Waals surface area contributed by atoms with Crippen molar-refractivity contribution in [2.24, 2.45) is 0 Å². The summed E-state index contributed by atoms with van der Waals surface area (Å²) in [4.78, 5) is 2.56. The minimum atomic E-state index is -4.09. The number of likely N-dealkylation sites (tertiary alicyclic amines) is 1. The van der Waals surface area contributed by atoms with Gasteiger partial charge in [-0.1, -0.05) is 12.1 Å². The minimum absolute atomic E-state index is 0.0499. The first-order valence-electron chi connectivity index (χ1n) is 8.09. The van der Waals surface area contributed by atoms with Crippen LogP contribution < -0.4 is 5.32 Å². The van der Waals surface area contributed by atoms with Gasteiger partial charge in [0.05, 0.1) is 0 Å². The maximum atomic E-state index is 12.3. The monoisotopic (exact) mass is 312 g/mol. The lowest BCUT2D eigenvalue weighted by molar-refractivity contribution is -0.133. The summed E-state index contributed by atoms with van der Waals surface area (Å²) in [7, 11) is 0. The predicted molar refractivity (Wildman–Crippen MR) is 82.0 cm³/mol. The quantitative estimate of drug-likeness (QED) is 0.876. The summed E-state index contributed by atoms with van der Waals surface area (Å²) >= 11 is 0. The summed E-state index contributed by atoms with van der Waals surface area (Å²) in [6, 6.07) is 9.17. The summed E-state index contributed by atoms with van der Waals surface area (Å²) in [6.45, 7) is 3.30. The van der Waals surface area contributed by atoms with E-state index in [1.54, 1.807) is 6.07 Å². The number of hydrogen-bond donors (Lipinski definition) is 1. The van der Waals surface area contributed by atoms with E-state index >= 15 is 0 Å². The van der Waals surface area contributed by atoms with Gasteiger partial charge in [-0.15, -0.1) is 0 Å². The second kappa shape index (κ2) is 6.11. The zero-order valence-corrected chi connectivity index (χ0v) is 12.9. The van der Waals surface area contributed by atoms with Crippen LogP contribution in [0.5, 0.6) is 0 Å². The molecule has 2 aliphatic rings. The summed E-state index contributed by atoms with van der Waals surface area (Å²) in [6.07, 6.45) is -1.08. The van der Waals surface area contributed by atoms with Crippen LogP contribution in [0.3, 0.4) is 0 Å². The van der Waals surface area contributed by atoms with Crippen molar-refractivity contribution in [2.45, 2.75) is 63.3 Å². The second-order valence-electron chi connectivity index (χ2n) is 6.67. The molecule has 0 radical (unpaired) electrons. The third kappa shape index (κ3) is 4.15. The van der Waals surface area contributed by atoms with Crippen molar-refractivity contribution in [1.82, 2.24) is 4.90 Å². The zero-order chi connectivity index (χ0) is 15.7. The molecule has 0 unspecified atom stereocenters. The number of benzene rings is 1. The lowest BCUT2D eigenvalue weighted by Crippen LogP contribution is -2.31. The average Bonchev–Trinajstić information content (AvgIpc) is 3.21.